The predicted molar refractivity (Wildman–Crippen MR) is 121 cm³/mol. The number of nitrogens with zero attached hydrogens (tertiary/aromatic N) is 4. The molecule has 1 aliphatic heterocycles. The fourth-order valence-corrected chi connectivity index (χ4v) is 5.72. The van der Waals surface area contributed by atoms with E-state index in [4.69, 9.17) is 11.3 Å². The van der Waals surface area contributed by atoms with Crippen LogP contribution in [-0.4, -0.2) is 52.4 Å². The van der Waals surface area contributed by atoms with Crippen molar-refractivity contribution in [3.05, 3.63) is 65.4 Å². The minimum absolute atomic E-state index is 0.0286. The van der Waals surface area contributed by atoms with Gasteiger partial charge in [0.15, 0.2) is 0 Å². The van der Waals surface area contributed by atoms with Crippen molar-refractivity contribution < 1.29 is 27.4 Å². The van der Waals surface area contributed by atoms with Gasteiger partial charge < -0.3 is 9.84 Å². The number of carboxylic acid groups (broad SMARTS) is 1. The molecular weight excluding hydrogens is 463 g/mol. The molecule has 1 aliphatic rings. The highest BCUT2D eigenvalue weighted by atomic mass is 32.2. The maximum absolute atomic E-state index is 14.0. The van der Waals surface area contributed by atoms with Crippen LogP contribution in [0.2, 0.25) is 0 Å². The lowest BCUT2D eigenvalue weighted by atomic mass is 10.1. The van der Waals surface area contributed by atoms with Crippen LogP contribution in [0.4, 0.5) is 4.39 Å². The van der Waals surface area contributed by atoms with Crippen LogP contribution >= 0.6 is 0 Å². The van der Waals surface area contributed by atoms with E-state index in [0.29, 0.717) is 16.7 Å². The Kier molecular flexibility index (Phi) is 6.29. The van der Waals surface area contributed by atoms with E-state index in [1.807, 2.05) is 13.8 Å². The van der Waals surface area contributed by atoms with Crippen LogP contribution in [0.25, 0.3) is 15.7 Å². The molecule has 34 heavy (non-hydrogen) atoms. The minimum Gasteiger partial charge on any atom is -0.491 e. The highest BCUT2D eigenvalue weighted by Gasteiger charge is 2.46. The van der Waals surface area contributed by atoms with Crippen LogP contribution in [0.3, 0.4) is 0 Å². The van der Waals surface area contributed by atoms with Gasteiger partial charge in [0.1, 0.15) is 11.6 Å². The van der Waals surface area contributed by atoms with E-state index in [2.05, 4.69) is 9.94 Å². The zero-order chi connectivity index (χ0) is 24.6. The standard InChI is InChI=1S/C23H23FN4O5S/c1-14(2)33-17-5-7-18(8-6-17)34(31,32)27-13-16(11-22(27)25-3)28-21-10-15(24)4-9-19(21)20(26-28)12-23(29)30/h4-10,14,16,22H,11-13H2,1-2H3,(H,29,30)/t16-,22+/m1/s1. The van der Waals surface area contributed by atoms with Crippen molar-refractivity contribution in [1.82, 2.24) is 14.1 Å². The number of rotatable bonds is 7. The molecule has 0 radical (unpaired) electrons. The largest absolute Gasteiger partial charge is 0.491 e. The van der Waals surface area contributed by atoms with Gasteiger partial charge >= 0.3 is 5.97 Å². The Bertz CT molecular complexity index is 1380. The molecule has 0 aliphatic carbocycles. The molecule has 0 unspecified atom stereocenters. The second-order valence-corrected chi connectivity index (χ2v) is 10.2. The molecule has 178 valence electrons. The topological polar surface area (TPSA) is 106 Å². The Morgan fingerprint density at radius 3 is 2.62 bits per heavy atom. The van der Waals surface area contributed by atoms with E-state index in [-0.39, 0.29) is 36.1 Å². The molecule has 0 amide bonds. The van der Waals surface area contributed by atoms with Gasteiger partial charge in [0, 0.05) is 11.9 Å². The Labute approximate surface area is 196 Å². The third-order valence-corrected chi connectivity index (χ3v) is 7.45. The molecule has 2 atom stereocenters. The summed E-state index contributed by atoms with van der Waals surface area (Å²) in [5.41, 5.74) is 0.614. The fourth-order valence-electron chi connectivity index (χ4n) is 4.14. The molecule has 2 aromatic carbocycles. The maximum atomic E-state index is 14.0. The highest BCUT2D eigenvalue weighted by Crippen LogP contribution is 2.36. The number of carbonyl (C=O) groups is 1. The minimum atomic E-state index is -4.01. The highest BCUT2D eigenvalue weighted by molar-refractivity contribution is 7.89. The van der Waals surface area contributed by atoms with E-state index < -0.39 is 34.0 Å². The average Bonchev–Trinajstić information content (AvgIpc) is 3.35. The van der Waals surface area contributed by atoms with Crippen LogP contribution in [0.1, 0.15) is 32.0 Å². The van der Waals surface area contributed by atoms with Gasteiger partial charge in [-0.2, -0.15) is 5.10 Å². The summed E-state index contributed by atoms with van der Waals surface area (Å²) in [6.45, 7) is 11.2. The Balaban J connectivity index is 1.68. The Morgan fingerprint density at radius 1 is 1.29 bits per heavy atom. The number of aromatic nitrogens is 2. The van der Waals surface area contributed by atoms with E-state index in [9.17, 15) is 22.7 Å². The predicted octanol–water partition coefficient (Wildman–Crippen LogP) is 3.47. The lowest BCUT2D eigenvalue weighted by Crippen LogP contribution is -2.34. The van der Waals surface area contributed by atoms with Crippen molar-refractivity contribution in [1.29, 1.82) is 0 Å². The summed E-state index contributed by atoms with van der Waals surface area (Å²) in [7, 11) is -4.01. The zero-order valence-electron chi connectivity index (χ0n) is 18.6. The van der Waals surface area contributed by atoms with Crippen molar-refractivity contribution in [2.75, 3.05) is 6.54 Å². The zero-order valence-corrected chi connectivity index (χ0v) is 19.4. The quantitative estimate of drug-likeness (QED) is 0.513. The molecule has 1 aromatic heterocycles. The number of benzene rings is 2. The van der Waals surface area contributed by atoms with Gasteiger partial charge in [-0.15, -0.1) is 4.31 Å². The lowest BCUT2D eigenvalue weighted by molar-refractivity contribution is -0.136. The third-order valence-electron chi connectivity index (χ3n) is 5.57. The number of ether oxygens (including phenoxy) is 1. The number of aliphatic carboxylic acids is 1. The monoisotopic (exact) mass is 486 g/mol. The van der Waals surface area contributed by atoms with Crippen molar-refractivity contribution in [2.24, 2.45) is 0 Å². The summed E-state index contributed by atoms with van der Waals surface area (Å²) in [4.78, 5) is 14.8. The Hall–Kier alpha value is -3.49. The summed E-state index contributed by atoms with van der Waals surface area (Å²) in [6.07, 6.45) is -1.26. The molecule has 1 fully saturated rings. The van der Waals surface area contributed by atoms with Gasteiger partial charge in [-0.3, -0.25) is 14.3 Å². The Morgan fingerprint density at radius 2 is 2.00 bits per heavy atom. The molecule has 1 N–H and O–H groups in total. The van der Waals surface area contributed by atoms with Crippen molar-refractivity contribution in [2.45, 2.75) is 49.9 Å². The summed E-state index contributed by atoms with van der Waals surface area (Å²) >= 11 is 0. The third kappa shape index (κ3) is 4.47. The number of carboxylic acids is 1. The molecule has 1 saturated heterocycles. The van der Waals surface area contributed by atoms with E-state index >= 15 is 0 Å². The smallest absolute Gasteiger partial charge is 0.309 e. The van der Waals surface area contributed by atoms with Crippen LogP contribution in [0.15, 0.2) is 47.4 Å². The maximum Gasteiger partial charge on any atom is 0.309 e. The van der Waals surface area contributed by atoms with Crippen LogP contribution in [0, 0.1) is 12.4 Å². The van der Waals surface area contributed by atoms with Crippen molar-refractivity contribution in [3.8, 4) is 5.75 Å². The average molecular weight is 487 g/mol. The van der Waals surface area contributed by atoms with Crippen LogP contribution in [-0.2, 0) is 21.2 Å². The number of sulfonamides is 1. The lowest BCUT2D eigenvalue weighted by Gasteiger charge is -2.17. The van der Waals surface area contributed by atoms with Gasteiger partial charge in [-0.25, -0.2) is 19.4 Å². The molecule has 9 nitrogen and oxygen atoms in total. The van der Waals surface area contributed by atoms with Crippen LogP contribution < -0.4 is 4.74 Å². The molecule has 2 heterocycles. The van der Waals surface area contributed by atoms with Gasteiger partial charge in [0.2, 0.25) is 10.0 Å². The van der Waals surface area contributed by atoms with Gasteiger partial charge in [-0.1, -0.05) is 0 Å². The number of fused-ring (bicyclic) bond motifs is 1. The molecule has 11 heteroatoms. The first-order valence-electron chi connectivity index (χ1n) is 10.6. The molecule has 4 rings (SSSR count). The molecule has 0 spiro atoms. The normalized spacial score (nSPS) is 18.9. The summed E-state index contributed by atoms with van der Waals surface area (Å²) in [5.74, 6) is -1.08. The SMILES string of the molecule is [C-]#[N+][C@@H]1C[C@@H](n2nc(CC(=O)O)c3ccc(F)cc32)CN1S(=O)(=O)c1ccc(OC(C)C)cc1. The van der Waals surface area contributed by atoms with Crippen molar-refractivity contribution >= 4 is 26.9 Å². The second kappa shape index (κ2) is 9.04. The van der Waals surface area contributed by atoms with E-state index in [1.54, 1.807) is 12.1 Å². The molecule has 0 saturated carbocycles. The van der Waals surface area contributed by atoms with Crippen molar-refractivity contribution in [3.63, 3.8) is 0 Å². The molecule has 0 bridgehead atoms. The van der Waals surface area contributed by atoms with Gasteiger partial charge in [-0.05, 0) is 56.3 Å². The van der Waals surface area contributed by atoms with E-state index in [0.717, 1.165) is 4.31 Å². The molecular formula is C23H23FN4O5S. The molecule has 3 aromatic rings. The van der Waals surface area contributed by atoms with Crippen LogP contribution in [0.5, 0.6) is 5.75 Å². The summed E-state index contributed by atoms with van der Waals surface area (Å²) in [6, 6.07) is 9.36. The number of hydrogen-bond acceptors (Lipinski definition) is 5. The fraction of sp³-hybridized carbons (Fsp3) is 0.348. The first-order chi connectivity index (χ1) is 16.1. The number of halogens is 1. The van der Waals surface area contributed by atoms with Gasteiger partial charge in [0.05, 0.1) is 41.1 Å². The summed E-state index contributed by atoms with van der Waals surface area (Å²) < 4.78 is 48.8. The number of hydrogen-bond donors (Lipinski definition) is 1. The van der Waals surface area contributed by atoms with E-state index in [1.165, 1.54) is 35.0 Å². The summed E-state index contributed by atoms with van der Waals surface area (Å²) in [5, 5.41) is 14.1. The first kappa shape index (κ1) is 23.7. The first-order valence-corrected chi connectivity index (χ1v) is 12.1. The van der Waals surface area contributed by atoms with Gasteiger partial charge in [0.25, 0.3) is 6.17 Å². The second-order valence-electron chi connectivity index (χ2n) is 8.34.